The zero-order valence-electron chi connectivity index (χ0n) is 16.5. The van der Waals surface area contributed by atoms with Crippen molar-refractivity contribution in [2.45, 2.75) is 31.9 Å². The first kappa shape index (κ1) is 19.6. The Morgan fingerprint density at radius 2 is 1.97 bits per heavy atom. The van der Waals surface area contributed by atoms with E-state index < -0.39 is 0 Å². The van der Waals surface area contributed by atoms with Gasteiger partial charge in [-0.1, -0.05) is 0 Å². The number of carbonyl (C=O) groups is 1. The Hall–Kier alpha value is -2.74. The van der Waals surface area contributed by atoms with Gasteiger partial charge in [-0.05, 0) is 50.1 Å². The molecule has 2 aromatic rings. The van der Waals surface area contributed by atoms with Crippen LogP contribution in [0.1, 0.15) is 18.7 Å². The average Bonchev–Trinajstić information content (AvgIpc) is 2.74. The Labute approximate surface area is 169 Å². The number of hydrogen-bond acceptors (Lipinski definition) is 6. The van der Waals surface area contributed by atoms with Crippen molar-refractivity contribution in [2.24, 2.45) is 0 Å². The second-order valence-corrected chi connectivity index (χ2v) is 7.42. The third-order valence-electron chi connectivity index (χ3n) is 5.40. The van der Waals surface area contributed by atoms with Crippen molar-refractivity contribution in [3.05, 3.63) is 48.2 Å². The Kier molecular flexibility index (Phi) is 5.89. The molecule has 2 fully saturated rings. The third-order valence-corrected chi connectivity index (χ3v) is 5.40. The minimum absolute atomic E-state index is 0.0272. The second-order valence-electron chi connectivity index (χ2n) is 7.42. The van der Waals surface area contributed by atoms with Gasteiger partial charge < -0.3 is 19.3 Å². The lowest BCUT2D eigenvalue weighted by Crippen LogP contribution is -2.55. The van der Waals surface area contributed by atoms with Crippen LogP contribution < -0.4 is 9.64 Å². The monoisotopic (exact) mass is 400 g/mol. The number of nitrogens with zero attached hydrogens (tertiary/aromatic N) is 4. The molecular formula is C21H25FN4O3. The Bertz CT molecular complexity index is 840. The van der Waals surface area contributed by atoms with E-state index in [2.05, 4.69) is 14.9 Å². The molecule has 1 aromatic carbocycles. The van der Waals surface area contributed by atoms with Gasteiger partial charge in [0.2, 0.25) is 5.91 Å². The van der Waals surface area contributed by atoms with Crippen molar-refractivity contribution >= 4 is 11.7 Å². The minimum atomic E-state index is -0.300. The van der Waals surface area contributed by atoms with E-state index >= 15 is 0 Å². The van der Waals surface area contributed by atoms with Gasteiger partial charge in [0.05, 0.1) is 6.54 Å². The number of amides is 1. The standard InChI is InChI=1S/C21H25FN4O3/c1-15-23-9-6-20(24-15)25-10-7-17(8-11-25)26-12-19(29-14-21(26)27)13-28-18-4-2-16(22)3-5-18/h2-6,9,17,19H,7-8,10-14H2,1H3. The van der Waals surface area contributed by atoms with Crippen LogP contribution in [0.3, 0.4) is 0 Å². The van der Waals surface area contributed by atoms with Gasteiger partial charge in [-0.3, -0.25) is 4.79 Å². The van der Waals surface area contributed by atoms with Crippen LogP contribution in [0.15, 0.2) is 36.5 Å². The van der Waals surface area contributed by atoms with Gasteiger partial charge in [-0.15, -0.1) is 0 Å². The molecule has 29 heavy (non-hydrogen) atoms. The maximum Gasteiger partial charge on any atom is 0.248 e. The van der Waals surface area contributed by atoms with E-state index in [0.29, 0.717) is 18.9 Å². The molecule has 1 aromatic heterocycles. The first-order valence-electron chi connectivity index (χ1n) is 9.92. The summed E-state index contributed by atoms with van der Waals surface area (Å²) in [6.45, 7) is 4.50. The largest absolute Gasteiger partial charge is 0.491 e. The van der Waals surface area contributed by atoms with E-state index in [1.807, 2.05) is 17.9 Å². The molecule has 2 aliphatic rings. The number of rotatable bonds is 5. The number of aromatic nitrogens is 2. The molecule has 1 atom stereocenters. The number of carbonyl (C=O) groups excluding carboxylic acids is 1. The van der Waals surface area contributed by atoms with Crippen molar-refractivity contribution < 1.29 is 18.7 Å². The zero-order valence-corrected chi connectivity index (χ0v) is 16.5. The van der Waals surface area contributed by atoms with E-state index in [1.54, 1.807) is 18.3 Å². The predicted octanol–water partition coefficient (Wildman–Crippen LogP) is 2.20. The van der Waals surface area contributed by atoms with Crippen molar-refractivity contribution in [1.82, 2.24) is 14.9 Å². The van der Waals surface area contributed by atoms with Gasteiger partial charge in [0, 0.05) is 25.3 Å². The molecule has 0 N–H and O–H groups in total. The number of aryl methyl sites for hydroxylation is 1. The number of benzene rings is 1. The summed E-state index contributed by atoms with van der Waals surface area (Å²) >= 11 is 0. The molecule has 0 radical (unpaired) electrons. The summed E-state index contributed by atoms with van der Waals surface area (Å²) in [6, 6.07) is 8.02. The minimum Gasteiger partial charge on any atom is -0.491 e. The van der Waals surface area contributed by atoms with Gasteiger partial charge in [0.15, 0.2) is 0 Å². The first-order chi connectivity index (χ1) is 14.1. The predicted molar refractivity (Wildman–Crippen MR) is 105 cm³/mol. The van der Waals surface area contributed by atoms with Crippen LogP contribution in [0.4, 0.5) is 10.2 Å². The molecule has 3 heterocycles. The van der Waals surface area contributed by atoms with Crippen LogP contribution in [-0.2, 0) is 9.53 Å². The van der Waals surface area contributed by atoms with E-state index in [1.165, 1.54) is 12.1 Å². The van der Waals surface area contributed by atoms with Crippen molar-refractivity contribution in [3.63, 3.8) is 0 Å². The molecule has 0 spiro atoms. The summed E-state index contributed by atoms with van der Waals surface area (Å²) in [4.78, 5) is 25.3. The average molecular weight is 400 g/mol. The molecule has 2 saturated heterocycles. The molecule has 7 nitrogen and oxygen atoms in total. The van der Waals surface area contributed by atoms with E-state index in [-0.39, 0.29) is 30.5 Å². The summed E-state index contributed by atoms with van der Waals surface area (Å²) in [7, 11) is 0. The van der Waals surface area contributed by atoms with Gasteiger partial charge in [-0.2, -0.15) is 0 Å². The van der Waals surface area contributed by atoms with Gasteiger partial charge >= 0.3 is 0 Å². The van der Waals surface area contributed by atoms with E-state index in [0.717, 1.165) is 37.6 Å². The Morgan fingerprint density at radius 1 is 1.21 bits per heavy atom. The SMILES string of the molecule is Cc1nccc(N2CCC(N3CC(COc4ccc(F)cc4)OCC3=O)CC2)n1. The molecule has 1 unspecified atom stereocenters. The van der Waals surface area contributed by atoms with Crippen LogP contribution >= 0.6 is 0 Å². The van der Waals surface area contributed by atoms with E-state index in [4.69, 9.17) is 9.47 Å². The number of halogens is 1. The summed E-state index contributed by atoms with van der Waals surface area (Å²) in [5, 5.41) is 0. The van der Waals surface area contributed by atoms with E-state index in [9.17, 15) is 9.18 Å². The number of anilines is 1. The highest BCUT2D eigenvalue weighted by atomic mass is 19.1. The molecule has 2 aliphatic heterocycles. The normalized spacial score (nSPS) is 20.8. The number of piperidine rings is 1. The molecule has 1 amide bonds. The summed E-state index contributed by atoms with van der Waals surface area (Å²) < 4.78 is 24.4. The Morgan fingerprint density at radius 3 is 2.69 bits per heavy atom. The molecule has 4 rings (SSSR count). The van der Waals surface area contributed by atoms with Crippen molar-refractivity contribution in [3.8, 4) is 5.75 Å². The second kappa shape index (κ2) is 8.73. The lowest BCUT2D eigenvalue weighted by molar-refractivity contribution is -0.154. The van der Waals surface area contributed by atoms with Crippen LogP contribution in [0, 0.1) is 12.7 Å². The molecule has 0 saturated carbocycles. The molecule has 0 aliphatic carbocycles. The quantitative estimate of drug-likeness (QED) is 0.767. The van der Waals surface area contributed by atoms with Gasteiger partial charge in [0.1, 0.15) is 42.5 Å². The van der Waals surface area contributed by atoms with Crippen molar-refractivity contribution in [2.75, 3.05) is 37.7 Å². The highest BCUT2D eigenvalue weighted by Gasteiger charge is 2.34. The fourth-order valence-corrected chi connectivity index (χ4v) is 3.85. The summed E-state index contributed by atoms with van der Waals surface area (Å²) in [5.74, 6) is 2.02. The molecule has 0 bridgehead atoms. The number of hydrogen-bond donors (Lipinski definition) is 0. The fourth-order valence-electron chi connectivity index (χ4n) is 3.85. The smallest absolute Gasteiger partial charge is 0.248 e. The lowest BCUT2D eigenvalue weighted by Gasteiger charge is -2.42. The number of morpholine rings is 1. The zero-order chi connectivity index (χ0) is 20.2. The van der Waals surface area contributed by atoms with Crippen LogP contribution in [0.5, 0.6) is 5.75 Å². The molecular weight excluding hydrogens is 375 g/mol. The van der Waals surface area contributed by atoms with Gasteiger partial charge in [-0.25, -0.2) is 14.4 Å². The Balaban J connectivity index is 1.31. The van der Waals surface area contributed by atoms with Crippen LogP contribution in [0.25, 0.3) is 0 Å². The fraction of sp³-hybridized carbons (Fsp3) is 0.476. The highest BCUT2D eigenvalue weighted by Crippen LogP contribution is 2.23. The maximum atomic E-state index is 13.0. The maximum absolute atomic E-state index is 13.0. The molecule has 8 heteroatoms. The number of ether oxygens (including phenoxy) is 2. The van der Waals surface area contributed by atoms with Gasteiger partial charge in [0.25, 0.3) is 0 Å². The first-order valence-corrected chi connectivity index (χ1v) is 9.92. The summed E-state index contributed by atoms with van der Waals surface area (Å²) in [6.07, 6.45) is 3.36. The van der Waals surface area contributed by atoms with Crippen LogP contribution in [-0.4, -0.2) is 65.8 Å². The summed E-state index contributed by atoms with van der Waals surface area (Å²) in [5.41, 5.74) is 0. The topological polar surface area (TPSA) is 67.8 Å². The lowest BCUT2D eigenvalue weighted by atomic mass is 10.0. The van der Waals surface area contributed by atoms with Crippen LogP contribution in [0.2, 0.25) is 0 Å². The third kappa shape index (κ3) is 4.82. The van der Waals surface area contributed by atoms with Crippen molar-refractivity contribution in [1.29, 1.82) is 0 Å². The highest BCUT2D eigenvalue weighted by molar-refractivity contribution is 5.78. The molecule has 154 valence electrons.